The summed E-state index contributed by atoms with van der Waals surface area (Å²) in [5.41, 5.74) is 1.75. The maximum Gasteiger partial charge on any atom is 0.0658 e. The monoisotopic (exact) mass is 194 g/mol. The van der Waals surface area contributed by atoms with Gasteiger partial charge in [0.2, 0.25) is 0 Å². The molecule has 1 unspecified atom stereocenters. The molecule has 0 radical (unpaired) electrons. The molecule has 14 heavy (non-hydrogen) atoms. The second-order valence-electron chi connectivity index (χ2n) is 3.88. The second kappa shape index (κ2) is 4.42. The molecule has 0 bridgehead atoms. The van der Waals surface area contributed by atoms with Crippen LogP contribution in [0.3, 0.4) is 0 Å². The predicted molar refractivity (Wildman–Crippen MR) is 58.4 cm³/mol. The zero-order chi connectivity index (χ0) is 10.6. The van der Waals surface area contributed by atoms with Gasteiger partial charge >= 0.3 is 0 Å². The topological polar surface area (TPSA) is 45.1 Å². The Labute approximate surface area is 85.2 Å². The minimum Gasteiger partial charge on any atom is -0.394 e. The summed E-state index contributed by atoms with van der Waals surface area (Å²) in [4.78, 5) is 4.12. The van der Waals surface area contributed by atoms with E-state index in [4.69, 9.17) is 0 Å². The highest BCUT2D eigenvalue weighted by Gasteiger charge is 2.19. The fraction of sp³-hybridized carbons (Fsp3) is 0.545. The van der Waals surface area contributed by atoms with Crippen molar-refractivity contribution in [3.05, 3.63) is 24.0 Å². The van der Waals surface area contributed by atoms with Gasteiger partial charge in [0.25, 0.3) is 0 Å². The highest BCUT2D eigenvalue weighted by atomic mass is 16.3. The van der Waals surface area contributed by atoms with Crippen LogP contribution in [0.1, 0.15) is 26.0 Å². The van der Waals surface area contributed by atoms with Crippen molar-refractivity contribution in [3.63, 3.8) is 0 Å². The lowest BCUT2D eigenvalue weighted by atomic mass is 10.00. The van der Waals surface area contributed by atoms with E-state index in [2.05, 4.69) is 17.2 Å². The fourth-order valence-electron chi connectivity index (χ4n) is 1.21. The van der Waals surface area contributed by atoms with Gasteiger partial charge in [-0.15, -0.1) is 0 Å². The molecule has 0 aliphatic heterocycles. The SMILES string of the molecule is CCC(C)(CO)Nc1ccnc(C)c1. The number of nitrogens with zero attached hydrogens (tertiary/aromatic N) is 1. The first-order valence-electron chi connectivity index (χ1n) is 4.91. The Balaban J connectivity index is 2.77. The minimum absolute atomic E-state index is 0.130. The molecule has 1 atom stereocenters. The molecule has 78 valence electrons. The first-order valence-corrected chi connectivity index (χ1v) is 4.91. The molecular formula is C11H18N2O. The van der Waals surface area contributed by atoms with E-state index in [-0.39, 0.29) is 12.1 Å². The van der Waals surface area contributed by atoms with E-state index in [0.717, 1.165) is 17.8 Å². The molecule has 3 nitrogen and oxygen atoms in total. The molecule has 1 rings (SSSR count). The normalized spacial score (nSPS) is 14.9. The van der Waals surface area contributed by atoms with Crippen LogP contribution < -0.4 is 5.32 Å². The van der Waals surface area contributed by atoms with E-state index in [1.165, 1.54) is 0 Å². The summed E-state index contributed by atoms with van der Waals surface area (Å²) >= 11 is 0. The summed E-state index contributed by atoms with van der Waals surface area (Å²) in [5.74, 6) is 0. The average Bonchev–Trinajstić information content (AvgIpc) is 2.18. The van der Waals surface area contributed by atoms with Crippen LogP contribution in [0.15, 0.2) is 18.3 Å². The Bertz CT molecular complexity index is 295. The van der Waals surface area contributed by atoms with Gasteiger partial charge in [0.05, 0.1) is 12.1 Å². The van der Waals surface area contributed by atoms with Crippen molar-refractivity contribution in [3.8, 4) is 0 Å². The third-order valence-electron chi connectivity index (χ3n) is 2.47. The average molecular weight is 194 g/mol. The van der Waals surface area contributed by atoms with Crippen molar-refractivity contribution >= 4 is 5.69 Å². The summed E-state index contributed by atoms with van der Waals surface area (Å²) in [6.07, 6.45) is 2.65. The number of nitrogens with one attached hydrogen (secondary N) is 1. The van der Waals surface area contributed by atoms with E-state index < -0.39 is 0 Å². The molecule has 1 aromatic rings. The number of hydrogen-bond donors (Lipinski definition) is 2. The van der Waals surface area contributed by atoms with Crippen molar-refractivity contribution in [2.75, 3.05) is 11.9 Å². The quantitative estimate of drug-likeness (QED) is 0.770. The van der Waals surface area contributed by atoms with Crippen molar-refractivity contribution in [2.45, 2.75) is 32.7 Å². The first-order chi connectivity index (χ1) is 6.59. The van der Waals surface area contributed by atoms with Crippen molar-refractivity contribution < 1.29 is 5.11 Å². The number of aromatic nitrogens is 1. The third-order valence-corrected chi connectivity index (χ3v) is 2.47. The van der Waals surface area contributed by atoms with E-state index in [0.29, 0.717) is 0 Å². The number of pyridine rings is 1. The molecule has 1 heterocycles. The maximum absolute atomic E-state index is 9.24. The van der Waals surface area contributed by atoms with Gasteiger partial charge in [-0.05, 0) is 32.4 Å². The van der Waals surface area contributed by atoms with Crippen LogP contribution >= 0.6 is 0 Å². The molecule has 3 heteroatoms. The first kappa shape index (κ1) is 11.0. The molecule has 0 spiro atoms. The highest BCUT2D eigenvalue weighted by Crippen LogP contribution is 2.17. The molecule has 0 aromatic carbocycles. The number of aryl methyl sites for hydroxylation is 1. The summed E-state index contributed by atoms with van der Waals surface area (Å²) in [6.45, 7) is 6.14. The largest absolute Gasteiger partial charge is 0.394 e. The van der Waals surface area contributed by atoms with Crippen LogP contribution in [-0.4, -0.2) is 22.2 Å². The van der Waals surface area contributed by atoms with Gasteiger partial charge in [-0.25, -0.2) is 0 Å². The van der Waals surface area contributed by atoms with Crippen LogP contribution in [0.25, 0.3) is 0 Å². The number of anilines is 1. The van der Waals surface area contributed by atoms with Crippen LogP contribution in [-0.2, 0) is 0 Å². The maximum atomic E-state index is 9.24. The second-order valence-corrected chi connectivity index (χ2v) is 3.88. The van der Waals surface area contributed by atoms with E-state index in [1.807, 2.05) is 26.0 Å². The van der Waals surface area contributed by atoms with Crippen LogP contribution in [0.5, 0.6) is 0 Å². The van der Waals surface area contributed by atoms with Gasteiger partial charge in [0.15, 0.2) is 0 Å². The highest BCUT2D eigenvalue weighted by molar-refractivity contribution is 5.45. The molecule has 1 aromatic heterocycles. The van der Waals surface area contributed by atoms with Crippen LogP contribution in [0.2, 0.25) is 0 Å². The van der Waals surface area contributed by atoms with Crippen molar-refractivity contribution in [1.82, 2.24) is 4.98 Å². The number of aliphatic hydroxyl groups excluding tert-OH is 1. The lowest BCUT2D eigenvalue weighted by molar-refractivity contribution is 0.219. The Morgan fingerprint density at radius 1 is 1.57 bits per heavy atom. The predicted octanol–water partition coefficient (Wildman–Crippen LogP) is 1.96. The van der Waals surface area contributed by atoms with E-state index in [1.54, 1.807) is 6.20 Å². The van der Waals surface area contributed by atoms with Gasteiger partial charge in [-0.2, -0.15) is 0 Å². The van der Waals surface area contributed by atoms with Gasteiger partial charge in [0, 0.05) is 17.6 Å². The zero-order valence-corrected chi connectivity index (χ0v) is 9.04. The van der Waals surface area contributed by atoms with Crippen molar-refractivity contribution in [1.29, 1.82) is 0 Å². The molecule has 0 fully saturated rings. The van der Waals surface area contributed by atoms with Gasteiger partial charge in [0.1, 0.15) is 0 Å². The van der Waals surface area contributed by atoms with Gasteiger partial charge < -0.3 is 10.4 Å². The molecule has 0 saturated carbocycles. The summed E-state index contributed by atoms with van der Waals surface area (Å²) < 4.78 is 0. The van der Waals surface area contributed by atoms with Gasteiger partial charge in [-0.3, -0.25) is 4.98 Å². The zero-order valence-electron chi connectivity index (χ0n) is 9.04. The Morgan fingerprint density at radius 2 is 2.29 bits per heavy atom. The molecular weight excluding hydrogens is 176 g/mol. The molecule has 0 saturated heterocycles. The molecule has 0 amide bonds. The summed E-state index contributed by atoms with van der Waals surface area (Å²) in [7, 11) is 0. The number of rotatable bonds is 4. The van der Waals surface area contributed by atoms with Crippen LogP contribution in [0, 0.1) is 6.92 Å². The van der Waals surface area contributed by atoms with Crippen LogP contribution in [0.4, 0.5) is 5.69 Å². The third kappa shape index (κ3) is 2.70. The molecule has 0 aliphatic carbocycles. The number of aliphatic hydroxyl groups is 1. The standard InChI is InChI=1S/C11H18N2O/c1-4-11(3,8-14)13-10-5-6-12-9(2)7-10/h5-7,14H,4,8H2,1-3H3,(H,12,13). The van der Waals surface area contributed by atoms with E-state index >= 15 is 0 Å². The summed E-state index contributed by atoms with van der Waals surface area (Å²) in [5, 5.41) is 12.5. The van der Waals surface area contributed by atoms with Crippen molar-refractivity contribution in [2.24, 2.45) is 0 Å². The number of hydrogen-bond acceptors (Lipinski definition) is 3. The Morgan fingerprint density at radius 3 is 2.79 bits per heavy atom. The fourth-order valence-corrected chi connectivity index (χ4v) is 1.21. The lowest BCUT2D eigenvalue weighted by Crippen LogP contribution is -2.37. The summed E-state index contributed by atoms with van der Waals surface area (Å²) in [6, 6.07) is 3.89. The minimum atomic E-state index is -0.242. The van der Waals surface area contributed by atoms with Gasteiger partial charge in [-0.1, -0.05) is 6.92 Å². The molecule has 2 N–H and O–H groups in total. The Kier molecular flexibility index (Phi) is 3.47. The lowest BCUT2D eigenvalue weighted by Gasteiger charge is -2.28. The smallest absolute Gasteiger partial charge is 0.0658 e. The van der Waals surface area contributed by atoms with E-state index in [9.17, 15) is 5.11 Å². The Hall–Kier alpha value is -1.09. The molecule has 0 aliphatic rings.